The van der Waals surface area contributed by atoms with Crippen LogP contribution in [0.5, 0.6) is 0 Å². The maximum atomic E-state index is 5.86. The molecule has 4 nitrogen and oxygen atoms in total. The standard InChI is InChI=1S/C11H17ClN4S2/c1-4-17-9(8(2)13)10-14-15-11(16(10)3)18-7-5-6-12/h4H,1,5-7,13H2,2-3H3/b9-8-. The lowest BCUT2D eigenvalue weighted by molar-refractivity contribution is 0.780. The second-order valence-corrected chi connectivity index (χ2v) is 5.97. The molecule has 18 heavy (non-hydrogen) atoms. The van der Waals surface area contributed by atoms with Crippen LogP contribution in [0.4, 0.5) is 0 Å². The third-order valence-corrected chi connectivity index (χ3v) is 4.39. The second-order valence-electron chi connectivity index (χ2n) is 3.55. The predicted molar refractivity (Wildman–Crippen MR) is 81.6 cm³/mol. The molecule has 0 radical (unpaired) electrons. The smallest absolute Gasteiger partial charge is 0.191 e. The lowest BCUT2D eigenvalue weighted by Crippen LogP contribution is -2.02. The van der Waals surface area contributed by atoms with E-state index >= 15 is 0 Å². The third-order valence-electron chi connectivity index (χ3n) is 2.11. The molecule has 0 saturated carbocycles. The van der Waals surface area contributed by atoms with E-state index in [1.807, 2.05) is 18.5 Å². The Balaban J connectivity index is 2.91. The van der Waals surface area contributed by atoms with Crippen molar-refractivity contribution in [3.8, 4) is 0 Å². The molecule has 0 aliphatic heterocycles. The number of nitrogens with two attached hydrogens (primary N) is 1. The Hall–Kier alpha value is -0.590. The molecule has 2 N–H and O–H groups in total. The summed E-state index contributed by atoms with van der Waals surface area (Å²) >= 11 is 8.76. The summed E-state index contributed by atoms with van der Waals surface area (Å²) in [5.41, 5.74) is 6.58. The van der Waals surface area contributed by atoms with Crippen molar-refractivity contribution in [1.82, 2.24) is 14.8 Å². The topological polar surface area (TPSA) is 56.7 Å². The van der Waals surface area contributed by atoms with Crippen molar-refractivity contribution >= 4 is 40.0 Å². The van der Waals surface area contributed by atoms with Crippen molar-refractivity contribution in [3.63, 3.8) is 0 Å². The van der Waals surface area contributed by atoms with Crippen LogP contribution in [0.15, 0.2) is 22.8 Å². The zero-order valence-electron chi connectivity index (χ0n) is 10.5. The van der Waals surface area contributed by atoms with E-state index in [2.05, 4.69) is 16.8 Å². The molecule has 0 aromatic carbocycles. The predicted octanol–water partition coefficient (Wildman–Crippen LogP) is 3.06. The van der Waals surface area contributed by atoms with E-state index in [1.165, 1.54) is 11.8 Å². The first-order valence-corrected chi connectivity index (χ1v) is 7.84. The summed E-state index contributed by atoms with van der Waals surface area (Å²) in [6, 6.07) is 0. The summed E-state index contributed by atoms with van der Waals surface area (Å²) < 4.78 is 1.95. The Labute approximate surface area is 121 Å². The zero-order chi connectivity index (χ0) is 13.5. The quantitative estimate of drug-likeness (QED) is 0.476. The van der Waals surface area contributed by atoms with Crippen LogP contribution in [0.1, 0.15) is 19.2 Å². The molecule has 0 amide bonds. The van der Waals surface area contributed by atoms with Crippen LogP contribution in [-0.4, -0.2) is 26.4 Å². The summed E-state index contributed by atoms with van der Waals surface area (Å²) in [5, 5.41) is 11.0. The van der Waals surface area contributed by atoms with Gasteiger partial charge in [0, 0.05) is 24.4 Å². The summed E-state index contributed by atoms with van der Waals surface area (Å²) in [6.07, 6.45) is 0.953. The normalized spacial score (nSPS) is 12.4. The maximum absolute atomic E-state index is 5.86. The van der Waals surface area contributed by atoms with Gasteiger partial charge >= 0.3 is 0 Å². The number of thioether (sulfide) groups is 2. The van der Waals surface area contributed by atoms with Crippen molar-refractivity contribution in [3.05, 3.63) is 23.5 Å². The van der Waals surface area contributed by atoms with Crippen molar-refractivity contribution in [1.29, 1.82) is 0 Å². The zero-order valence-corrected chi connectivity index (χ0v) is 12.9. The van der Waals surface area contributed by atoms with Gasteiger partial charge in [-0.1, -0.05) is 30.1 Å². The van der Waals surface area contributed by atoms with E-state index in [0.29, 0.717) is 11.6 Å². The number of nitrogens with zero attached hydrogens (tertiary/aromatic N) is 3. The Bertz CT molecular complexity index is 438. The number of halogens is 1. The molecule has 100 valence electrons. The third kappa shape index (κ3) is 3.96. The number of hydrogen-bond acceptors (Lipinski definition) is 5. The molecular weight excluding hydrogens is 288 g/mol. The number of allylic oxidation sites excluding steroid dienone is 1. The van der Waals surface area contributed by atoms with Gasteiger partial charge in [0.05, 0.1) is 4.91 Å². The summed E-state index contributed by atoms with van der Waals surface area (Å²) in [4.78, 5) is 0.893. The van der Waals surface area contributed by atoms with E-state index in [-0.39, 0.29) is 0 Å². The van der Waals surface area contributed by atoms with E-state index < -0.39 is 0 Å². The van der Waals surface area contributed by atoms with Crippen LogP contribution < -0.4 is 5.73 Å². The van der Waals surface area contributed by atoms with E-state index in [0.717, 1.165) is 28.1 Å². The SMILES string of the molecule is C=CS/C(=C(/C)N)c1nnc(SCCCCl)n1C. The first-order chi connectivity index (χ1) is 8.61. The summed E-state index contributed by atoms with van der Waals surface area (Å²) in [6.45, 7) is 5.55. The summed E-state index contributed by atoms with van der Waals surface area (Å²) in [7, 11) is 1.94. The highest BCUT2D eigenvalue weighted by Crippen LogP contribution is 2.30. The Kier molecular flexibility index (Phi) is 6.67. The lowest BCUT2D eigenvalue weighted by atomic mass is 10.4. The van der Waals surface area contributed by atoms with Gasteiger partial charge in [0.15, 0.2) is 11.0 Å². The largest absolute Gasteiger partial charge is 0.401 e. The number of aromatic nitrogens is 3. The van der Waals surface area contributed by atoms with Crippen LogP contribution >= 0.6 is 35.1 Å². The van der Waals surface area contributed by atoms with Crippen LogP contribution in [0.2, 0.25) is 0 Å². The van der Waals surface area contributed by atoms with Crippen molar-refractivity contribution < 1.29 is 0 Å². The monoisotopic (exact) mass is 304 g/mol. The van der Waals surface area contributed by atoms with Crippen molar-refractivity contribution in [2.45, 2.75) is 18.5 Å². The number of hydrogen-bond donors (Lipinski definition) is 1. The minimum absolute atomic E-state index is 0.664. The molecule has 7 heteroatoms. The Morgan fingerprint density at radius 2 is 2.28 bits per heavy atom. The highest BCUT2D eigenvalue weighted by atomic mass is 35.5. The van der Waals surface area contributed by atoms with Crippen LogP contribution in [0, 0.1) is 0 Å². The molecule has 0 aliphatic carbocycles. The van der Waals surface area contributed by atoms with Gasteiger partial charge in [0.25, 0.3) is 0 Å². The molecule has 0 spiro atoms. The molecule has 1 aromatic heterocycles. The van der Waals surface area contributed by atoms with Crippen molar-refractivity contribution in [2.75, 3.05) is 11.6 Å². The molecule has 0 fully saturated rings. The fourth-order valence-electron chi connectivity index (χ4n) is 1.26. The first-order valence-electron chi connectivity index (χ1n) is 5.44. The molecule has 1 heterocycles. The Morgan fingerprint density at radius 3 is 2.83 bits per heavy atom. The van der Waals surface area contributed by atoms with Gasteiger partial charge in [-0.2, -0.15) is 0 Å². The molecule has 0 saturated heterocycles. The van der Waals surface area contributed by atoms with Crippen LogP contribution in [0.3, 0.4) is 0 Å². The average molecular weight is 305 g/mol. The van der Waals surface area contributed by atoms with Gasteiger partial charge in [-0.15, -0.1) is 21.8 Å². The van der Waals surface area contributed by atoms with Crippen molar-refractivity contribution in [2.24, 2.45) is 12.8 Å². The number of rotatable bonds is 7. The second kappa shape index (κ2) is 7.76. The molecular formula is C11H17ClN4S2. The van der Waals surface area contributed by atoms with E-state index in [1.54, 1.807) is 17.2 Å². The van der Waals surface area contributed by atoms with Gasteiger partial charge in [0.2, 0.25) is 0 Å². The molecule has 0 unspecified atom stereocenters. The van der Waals surface area contributed by atoms with Gasteiger partial charge in [-0.05, 0) is 18.8 Å². The average Bonchev–Trinajstić information content (AvgIpc) is 2.68. The highest BCUT2D eigenvalue weighted by Gasteiger charge is 2.14. The molecule has 0 atom stereocenters. The molecule has 0 aliphatic rings. The minimum atomic E-state index is 0.664. The molecule has 1 aromatic rings. The minimum Gasteiger partial charge on any atom is -0.401 e. The highest BCUT2D eigenvalue weighted by molar-refractivity contribution is 8.10. The summed E-state index contributed by atoms with van der Waals surface area (Å²) in [5.74, 6) is 2.37. The van der Waals surface area contributed by atoms with E-state index in [9.17, 15) is 0 Å². The van der Waals surface area contributed by atoms with Crippen LogP contribution in [-0.2, 0) is 7.05 Å². The Morgan fingerprint density at radius 1 is 1.56 bits per heavy atom. The van der Waals surface area contributed by atoms with Gasteiger partial charge in [0.1, 0.15) is 0 Å². The number of alkyl halides is 1. The molecule has 1 rings (SSSR count). The lowest BCUT2D eigenvalue weighted by Gasteiger charge is -2.07. The fraction of sp³-hybridized carbons (Fsp3) is 0.455. The van der Waals surface area contributed by atoms with Crippen LogP contribution in [0.25, 0.3) is 4.91 Å². The first kappa shape index (κ1) is 15.5. The van der Waals surface area contributed by atoms with Gasteiger partial charge in [-0.3, -0.25) is 0 Å². The molecule has 0 bridgehead atoms. The van der Waals surface area contributed by atoms with E-state index in [4.69, 9.17) is 17.3 Å². The fourth-order valence-corrected chi connectivity index (χ4v) is 3.04. The van der Waals surface area contributed by atoms with Gasteiger partial charge < -0.3 is 10.3 Å². The maximum Gasteiger partial charge on any atom is 0.191 e. The van der Waals surface area contributed by atoms with Gasteiger partial charge in [-0.25, -0.2) is 0 Å².